The molecule has 0 unspecified atom stereocenters. The van der Waals surface area contributed by atoms with Crippen LogP contribution in [0, 0.1) is 11.6 Å². The highest BCUT2D eigenvalue weighted by Gasteiger charge is 2.23. The van der Waals surface area contributed by atoms with Crippen LogP contribution < -0.4 is 15.6 Å². The van der Waals surface area contributed by atoms with Gasteiger partial charge < -0.3 is 14.4 Å². The van der Waals surface area contributed by atoms with Crippen LogP contribution in [-0.2, 0) is 0 Å². The number of amides is 1. The van der Waals surface area contributed by atoms with Crippen LogP contribution in [0.2, 0.25) is 10.0 Å². The zero-order valence-electron chi connectivity index (χ0n) is 19.6. The Balaban J connectivity index is 1.32. The minimum absolute atomic E-state index is 0.0105. The number of halogens is 4. The molecule has 2 aromatic carbocycles. The van der Waals surface area contributed by atoms with Gasteiger partial charge in [0.25, 0.3) is 5.91 Å². The third-order valence-electron chi connectivity index (χ3n) is 5.95. The molecule has 8 nitrogen and oxygen atoms in total. The van der Waals surface area contributed by atoms with E-state index in [2.05, 4.69) is 12.0 Å². The molecule has 3 aromatic rings. The molecule has 0 bridgehead atoms. The van der Waals surface area contributed by atoms with Crippen molar-refractivity contribution in [3.8, 4) is 5.75 Å². The Kier molecular flexibility index (Phi) is 8.46. The zero-order valence-corrected chi connectivity index (χ0v) is 21.1. The number of piperazine rings is 1. The van der Waals surface area contributed by atoms with Gasteiger partial charge in [0.05, 0.1) is 15.6 Å². The normalized spacial score (nSPS) is 15.5. The first-order valence-electron chi connectivity index (χ1n) is 11.4. The molecule has 196 valence electrons. The number of aromatic nitrogens is 1. The molecule has 0 saturated carbocycles. The Labute approximate surface area is 221 Å². The molecule has 1 aliphatic heterocycles. The number of fused-ring (bicyclic) bond motifs is 1. The van der Waals surface area contributed by atoms with Gasteiger partial charge in [-0.1, -0.05) is 29.8 Å². The molecular weight excluding hydrogens is 529 g/mol. The van der Waals surface area contributed by atoms with Gasteiger partial charge in [0.1, 0.15) is 35.7 Å². The number of pyridine rings is 1. The third kappa shape index (κ3) is 6.28. The lowest BCUT2D eigenvalue weighted by molar-refractivity contribution is 0.0316. The first-order chi connectivity index (χ1) is 17.7. The summed E-state index contributed by atoms with van der Waals surface area (Å²) in [6.45, 7) is 5.91. The zero-order chi connectivity index (χ0) is 26.7. The van der Waals surface area contributed by atoms with E-state index in [1.54, 1.807) is 5.01 Å². The summed E-state index contributed by atoms with van der Waals surface area (Å²) in [5.41, 5.74) is 2.26. The third-order valence-corrected chi connectivity index (χ3v) is 6.55. The van der Waals surface area contributed by atoms with E-state index in [1.807, 2.05) is 4.90 Å². The number of benzene rings is 2. The summed E-state index contributed by atoms with van der Waals surface area (Å²) in [6.07, 6.45) is 1.91. The lowest BCUT2D eigenvalue weighted by Crippen LogP contribution is -2.55. The van der Waals surface area contributed by atoms with Gasteiger partial charge in [0.15, 0.2) is 0 Å². The number of nitrogens with zero attached hydrogens (tertiary/aromatic N) is 3. The number of carbonyl (C=O) groups is 1. The Hall–Kier alpha value is -3.02. The van der Waals surface area contributed by atoms with Crippen LogP contribution in [0.25, 0.3) is 17.1 Å². The second kappa shape index (κ2) is 11.6. The molecule has 1 atom stereocenters. The number of hydrogen-bond donors (Lipinski definition) is 2. The summed E-state index contributed by atoms with van der Waals surface area (Å²) in [4.78, 5) is 27.8. The Morgan fingerprint density at radius 1 is 1.14 bits per heavy atom. The summed E-state index contributed by atoms with van der Waals surface area (Å²) >= 11 is 11.5. The van der Waals surface area contributed by atoms with Gasteiger partial charge in [0.2, 0.25) is 5.43 Å². The minimum atomic E-state index is -0.816. The van der Waals surface area contributed by atoms with Crippen LogP contribution in [-0.4, -0.2) is 70.9 Å². The predicted molar refractivity (Wildman–Crippen MR) is 138 cm³/mol. The van der Waals surface area contributed by atoms with E-state index < -0.39 is 29.1 Å². The number of carbonyl (C=O) groups excluding carboxylic acids is 1. The van der Waals surface area contributed by atoms with Crippen LogP contribution in [0.15, 0.2) is 47.9 Å². The lowest BCUT2D eigenvalue weighted by Gasteiger charge is -2.35. The van der Waals surface area contributed by atoms with Crippen molar-refractivity contribution in [1.82, 2.24) is 19.9 Å². The van der Waals surface area contributed by atoms with Crippen molar-refractivity contribution >= 4 is 46.2 Å². The number of ether oxygens (including phenoxy) is 1. The second-order valence-corrected chi connectivity index (χ2v) is 9.33. The van der Waals surface area contributed by atoms with Crippen molar-refractivity contribution in [1.29, 1.82) is 0 Å². The topological polar surface area (TPSA) is 87.0 Å². The monoisotopic (exact) mass is 552 g/mol. The van der Waals surface area contributed by atoms with Crippen molar-refractivity contribution in [3.63, 3.8) is 0 Å². The van der Waals surface area contributed by atoms with Crippen molar-refractivity contribution in [2.75, 3.05) is 39.3 Å². The Morgan fingerprint density at radius 2 is 1.84 bits per heavy atom. The van der Waals surface area contributed by atoms with Crippen molar-refractivity contribution < 1.29 is 23.4 Å². The van der Waals surface area contributed by atoms with Gasteiger partial charge in [-0.15, -0.1) is 0 Å². The molecule has 0 aliphatic carbocycles. The first-order valence-corrected chi connectivity index (χ1v) is 12.1. The molecule has 1 fully saturated rings. The van der Waals surface area contributed by atoms with E-state index in [4.69, 9.17) is 27.9 Å². The van der Waals surface area contributed by atoms with E-state index in [0.29, 0.717) is 38.2 Å². The maximum atomic E-state index is 14.0. The molecule has 2 heterocycles. The molecule has 37 heavy (non-hydrogen) atoms. The maximum Gasteiger partial charge on any atom is 0.271 e. The van der Waals surface area contributed by atoms with E-state index in [1.165, 1.54) is 35.2 Å². The van der Waals surface area contributed by atoms with Crippen LogP contribution in [0.5, 0.6) is 5.75 Å². The number of aliphatic hydroxyl groups is 1. The fraction of sp³-hybridized carbons (Fsp3) is 0.280. The van der Waals surface area contributed by atoms with Crippen molar-refractivity contribution in [3.05, 3.63) is 80.6 Å². The number of rotatable bonds is 8. The molecule has 0 radical (unpaired) electrons. The van der Waals surface area contributed by atoms with Crippen LogP contribution >= 0.6 is 23.2 Å². The summed E-state index contributed by atoms with van der Waals surface area (Å²) in [6, 6.07) is 6.37. The van der Waals surface area contributed by atoms with Crippen molar-refractivity contribution in [2.45, 2.75) is 6.10 Å². The van der Waals surface area contributed by atoms with Gasteiger partial charge >= 0.3 is 0 Å². The van der Waals surface area contributed by atoms with Crippen molar-refractivity contribution in [2.24, 2.45) is 0 Å². The SMILES string of the molecule is C=Cn1cc(C(=O)NN2CCN(C[C@H](O)COc3ccc(Cl)c(F)c3)CC2)c(=O)c2cc(F)c(Cl)cc21. The van der Waals surface area contributed by atoms with Crippen LogP contribution in [0.3, 0.4) is 0 Å². The van der Waals surface area contributed by atoms with Gasteiger partial charge in [0, 0.05) is 56.6 Å². The standard InChI is InChI=1S/C25H24Cl2F2N4O4/c1-2-32-13-18(24(35)17-10-22(29)20(27)11-23(17)32)25(36)30-33-7-5-31(6-8-33)12-15(34)14-37-16-3-4-19(26)21(28)9-16/h2-4,9-11,13,15,34H,1,5-8,12,14H2,(H,30,36)/t15-/m0/s1. The van der Waals surface area contributed by atoms with E-state index in [0.717, 1.165) is 12.1 Å². The molecule has 1 saturated heterocycles. The van der Waals surface area contributed by atoms with Crippen LogP contribution in [0.1, 0.15) is 10.4 Å². The largest absolute Gasteiger partial charge is 0.491 e. The fourth-order valence-electron chi connectivity index (χ4n) is 4.01. The van der Waals surface area contributed by atoms with E-state index >= 15 is 0 Å². The quantitative estimate of drug-likeness (QED) is 0.445. The van der Waals surface area contributed by atoms with Gasteiger partial charge in [-0.25, -0.2) is 13.8 Å². The average Bonchev–Trinajstić information content (AvgIpc) is 2.87. The number of nitrogens with one attached hydrogen (secondary N) is 1. The minimum Gasteiger partial charge on any atom is -0.491 e. The Bertz CT molecular complexity index is 1390. The molecule has 0 spiro atoms. The highest BCUT2D eigenvalue weighted by atomic mass is 35.5. The molecule has 2 N–H and O–H groups in total. The first kappa shape index (κ1) is 27.0. The second-order valence-electron chi connectivity index (χ2n) is 8.51. The molecule has 1 amide bonds. The average molecular weight is 553 g/mol. The highest BCUT2D eigenvalue weighted by Crippen LogP contribution is 2.22. The summed E-state index contributed by atoms with van der Waals surface area (Å²) in [5.74, 6) is -1.72. The molecule has 1 aromatic heterocycles. The predicted octanol–water partition coefficient (Wildman–Crippen LogP) is 3.39. The maximum absolute atomic E-state index is 14.0. The summed E-state index contributed by atoms with van der Waals surface area (Å²) in [5, 5.41) is 11.8. The Morgan fingerprint density at radius 3 is 2.51 bits per heavy atom. The molecule has 1 aliphatic rings. The van der Waals surface area contributed by atoms with Gasteiger partial charge in [-0.2, -0.15) is 0 Å². The molecule has 4 rings (SSSR count). The number of β-amino-alcohol motifs (C(OH)–C–C–N with tert-alkyl or cyclic N) is 1. The number of hydrazine groups is 1. The highest BCUT2D eigenvalue weighted by molar-refractivity contribution is 6.31. The molecular formula is C25H24Cl2F2N4O4. The summed E-state index contributed by atoms with van der Waals surface area (Å²) < 4.78 is 34.4. The lowest BCUT2D eigenvalue weighted by atomic mass is 10.1. The fourth-order valence-corrected chi connectivity index (χ4v) is 4.29. The van der Waals surface area contributed by atoms with E-state index in [9.17, 15) is 23.5 Å². The van der Waals surface area contributed by atoms with Gasteiger partial charge in [-0.3, -0.25) is 19.9 Å². The van der Waals surface area contributed by atoms with Gasteiger partial charge in [-0.05, 0) is 24.3 Å². The van der Waals surface area contributed by atoms with Crippen LogP contribution in [0.4, 0.5) is 8.78 Å². The summed E-state index contributed by atoms with van der Waals surface area (Å²) in [7, 11) is 0. The molecule has 12 heteroatoms. The number of aliphatic hydroxyl groups excluding tert-OH is 1. The smallest absolute Gasteiger partial charge is 0.271 e. The number of hydrogen-bond acceptors (Lipinski definition) is 6. The van der Waals surface area contributed by atoms with E-state index in [-0.39, 0.29) is 33.4 Å².